The number of alkyl halides is 2. The standard InChI is InChI=1S/C11H16ClIN2/c1-4-8(13)9-6-7-10(15-14-9)11(3,12)5-2/h6-8H,4-5H2,1-3H3. The number of aromatic nitrogens is 2. The van der Waals surface area contributed by atoms with Crippen molar-refractivity contribution in [1.82, 2.24) is 10.2 Å². The molecule has 0 bridgehead atoms. The van der Waals surface area contributed by atoms with E-state index in [1.165, 1.54) is 0 Å². The third-order valence-corrected chi connectivity index (χ3v) is 4.54. The van der Waals surface area contributed by atoms with Crippen LogP contribution in [0.4, 0.5) is 0 Å². The van der Waals surface area contributed by atoms with Crippen LogP contribution >= 0.6 is 34.2 Å². The highest BCUT2D eigenvalue weighted by molar-refractivity contribution is 14.1. The highest BCUT2D eigenvalue weighted by atomic mass is 127. The van der Waals surface area contributed by atoms with Gasteiger partial charge >= 0.3 is 0 Å². The van der Waals surface area contributed by atoms with Gasteiger partial charge in [0.15, 0.2) is 0 Å². The Morgan fingerprint density at radius 2 is 2.07 bits per heavy atom. The van der Waals surface area contributed by atoms with Crippen molar-refractivity contribution in [2.24, 2.45) is 0 Å². The molecule has 4 heteroatoms. The predicted molar refractivity (Wildman–Crippen MR) is 72.6 cm³/mol. The van der Waals surface area contributed by atoms with E-state index in [1.54, 1.807) is 0 Å². The zero-order chi connectivity index (χ0) is 11.5. The van der Waals surface area contributed by atoms with Crippen molar-refractivity contribution in [3.05, 3.63) is 23.5 Å². The second-order valence-corrected chi connectivity index (χ2v) is 6.11. The summed E-state index contributed by atoms with van der Waals surface area (Å²) < 4.78 is 0.437. The molecule has 0 fully saturated rings. The molecular weight excluding hydrogens is 322 g/mol. The van der Waals surface area contributed by atoms with Crippen LogP contribution in [0.25, 0.3) is 0 Å². The smallest absolute Gasteiger partial charge is 0.0853 e. The van der Waals surface area contributed by atoms with E-state index in [2.05, 4.69) is 46.6 Å². The Labute approximate surface area is 110 Å². The van der Waals surface area contributed by atoms with E-state index in [-0.39, 0.29) is 0 Å². The van der Waals surface area contributed by atoms with Gasteiger partial charge in [-0.3, -0.25) is 0 Å². The van der Waals surface area contributed by atoms with Crippen molar-refractivity contribution in [3.8, 4) is 0 Å². The van der Waals surface area contributed by atoms with Crippen LogP contribution in [-0.4, -0.2) is 10.2 Å². The molecule has 1 aromatic rings. The molecule has 15 heavy (non-hydrogen) atoms. The van der Waals surface area contributed by atoms with Crippen LogP contribution in [0.15, 0.2) is 12.1 Å². The summed E-state index contributed by atoms with van der Waals surface area (Å²) in [7, 11) is 0. The summed E-state index contributed by atoms with van der Waals surface area (Å²) in [6, 6.07) is 4.01. The van der Waals surface area contributed by atoms with Crippen molar-refractivity contribution in [3.63, 3.8) is 0 Å². The van der Waals surface area contributed by atoms with Crippen molar-refractivity contribution >= 4 is 34.2 Å². The molecule has 0 saturated carbocycles. The molecule has 2 atom stereocenters. The zero-order valence-corrected chi connectivity index (χ0v) is 12.2. The lowest BCUT2D eigenvalue weighted by Gasteiger charge is -2.18. The number of halogens is 2. The van der Waals surface area contributed by atoms with Gasteiger partial charge in [0.1, 0.15) is 0 Å². The molecule has 0 saturated heterocycles. The number of nitrogens with zero attached hydrogens (tertiary/aromatic N) is 2. The maximum atomic E-state index is 6.31. The molecular formula is C11H16ClIN2. The lowest BCUT2D eigenvalue weighted by molar-refractivity contribution is 0.612. The van der Waals surface area contributed by atoms with Crippen LogP contribution in [0, 0.1) is 0 Å². The van der Waals surface area contributed by atoms with Gasteiger partial charge in [0.2, 0.25) is 0 Å². The zero-order valence-electron chi connectivity index (χ0n) is 9.30. The Bertz CT molecular complexity index is 311. The van der Waals surface area contributed by atoms with Gasteiger partial charge in [0.25, 0.3) is 0 Å². The summed E-state index contributed by atoms with van der Waals surface area (Å²) in [6.45, 7) is 6.17. The van der Waals surface area contributed by atoms with Crippen LogP contribution in [-0.2, 0) is 4.87 Å². The molecule has 0 spiro atoms. The van der Waals surface area contributed by atoms with Crippen molar-refractivity contribution in [1.29, 1.82) is 0 Å². The average molecular weight is 339 g/mol. The molecule has 0 amide bonds. The number of hydrogen-bond donors (Lipinski definition) is 0. The molecule has 1 heterocycles. The van der Waals surface area contributed by atoms with E-state index in [9.17, 15) is 0 Å². The van der Waals surface area contributed by atoms with Gasteiger partial charge in [-0.2, -0.15) is 10.2 Å². The molecule has 1 rings (SSSR count). The minimum atomic E-state index is -0.390. The summed E-state index contributed by atoms with van der Waals surface area (Å²) in [5, 5.41) is 8.43. The van der Waals surface area contributed by atoms with Gasteiger partial charge < -0.3 is 0 Å². The third kappa shape index (κ3) is 3.28. The monoisotopic (exact) mass is 338 g/mol. The van der Waals surface area contributed by atoms with E-state index in [0.29, 0.717) is 3.92 Å². The van der Waals surface area contributed by atoms with Crippen LogP contribution in [0.3, 0.4) is 0 Å². The first kappa shape index (κ1) is 13.2. The molecule has 2 unspecified atom stereocenters. The van der Waals surface area contributed by atoms with Crippen molar-refractivity contribution in [2.45, 2.75) is 42.4 Å². The Morgan fingerprint density at radius 3 is 2.47 bits per heavy atom. The highest BCUT2D eigenvalue weighted by Crippen LogP contribution is 2.31. The van der Waals surface area contributed by atoms with E-state index in [1.807, 2.05) is 19.1 Å². The van der Waals surface area contributed by atoms with Gasteiger partial charge in [-0.15, -0.1) is 11.6 Å². The van der Waals surface area contributed by atoms with Gasteiger partial charge in [-0.05, 0) is 31.9 Å². The van der Waals surface area contributed by atoms with E-state index >= 15 is 0 Å². The molecule has 1 aromatic heterocycles. The van der Waals surface area contributed by atoms with E-state index in [4.69, 9.17) is 11.6 Å². The molecule has 0 N–H and O–H groups in total. The summed E-state index contributed by atoms with van der Waals surface area (Å²) in [5.74, 6) is 0. The van der Waals surface area contributed by atoms with E-state index < -0.39 is 4.87 Å². The lowest BCUT2D eigenvalue weighted by atomic mass is 10.0. The molecule has 0 aliphatic rings. The molecule has 2 nitrogen and oxygen atoms in total. The molecule has 0 aliphatic heterocycles. The first-order chi connectivity index (χ1) is 7.01. The van der Waals surface area contributed by atoms with Gasteiger partial charge in [-0.1, -0.05) is 36.4 Å². The predicted octanol–water partition coefficient (Wildman–Crippen LogP) is 4.23. The minimum Gasteiger partial charge on any atom is -0.154 e. The molecule has 0 aromatic carbocycles. The third-order valence-electron chi connectivity index (χ3n) is 2.56. The van der Waals surface area contributed by atoms with Crippen LogP contribution in [0.2, 0.25) is 0 Å². The Balaban J connectivity index is 2.90. The second-order valence-electron chi connectivity index (χ2n) is 3.77. The molecule has 84 valence electrons. The summed E-state index contributed by atoms with van der Waals surface area (Å²) in [6.07, 6.45) is 1.92. The maximum absolute atomic E-state index is 6.31. The summed E-state index contributed by atoms with van der Waals surface area (Å²) >= 11 is 8.69. The second kappa shape index (κ2) is 5.43. The summed E-state index contributed by atoms with van der Waals surface area (Å²) in [5.41, 5.74) is 1.89. The fraction of sp³-hybridized carbons (Fsp3) is 0.636. The first-order valence-electron chi connectivity index (χ1n) is 5.18. The van der Waals surface area contributed by atoms with Gasteiger partial charge in [0.05, 0.1) is 20.2 Å². The lowest BCUT2D eigenvalue weighted by Crippen LogP contribution is -2.15. The van der Waals surface area contributed by atoms with Crippen LogP contribution in [0.5, 0.6) is 0 Å². The largest absolute Gasteiger partial charge is 0.154 e. The summed E-state index contributed by atoms with van der Waals surface area (Å²) in [4.78, 5) is -0.390. The van der Waals surface area contributed by atoms with Crippen LogP contribution < -0.4 is 0 Å². The Morgan fingerprint density at radius 1 is 1.40 bits per heavy atom. The number of rotatable bonds is 4. The first-order valence-corrected chi connectivity index (χ1v) is 6.80. The van der Waals surface area contributed by atoms with Crippen molar-refractivity contribution in [2.75, 3.05) is 0 Å². The fourth-order valence-corrected chi connectivity index (χ4v) is 1.61. The molecule has 0 aliphatic carbocycles. The Hall–Kier alpha value is 0.1000. The highest BCUT2D eigenvalue weighted by Gasteiger charge is 2.23. The van der Waals surface area contributed by atoms with Gasteiger partial charge in [-0.25, -0.2) is 0 Å². The quantitative estimate of drug-likeness (QED) is 0.606. The minimum absolute atomic E-state index is 0.390. The topological polar surface area (TPSA) is 25.8 Å². The number of hydrogen-bond acceptors (Lipinski definition) is 2. The van der Waals surface area contributed by atoms with Crippen molar-refractivity contribution < 1.29 is 0 Å². The SMILES string of the molecule is CCC(I)c1ccc(C(C)(Cl)CC)nn1. The van der Waals surface area contributed by atoms with E-state index in [0.717, 1.165) is 24.2 Å². The Kier molecular flexibility index (Phi) is 4.77. The normalized spacial score (nSPS) is 17.1. The fourth-order valence-electron chi connectivity index (χ4n) is 1.18. The average Bonchev–Trinajstić information content (AvgIpc) is 2.28. The maximum Gasteiger partial charge on any atom is 0.0853 e. The van der Waals surface area contributed by atoms with Gasteiger partial charge in [0, 0.05) is 0 Å². The van der Waals surface area contributed by atoms with Crippen LogP contribution in [0.1, 0.15) is 48.9 Å². The molecule has 0 radical (unpaired) electrons.